The number of anilines is 3. The molecule has 0 aromatic heterocycles. The van der Waals surface area contributed by atoms with Gasteiger partial charge in [0.2, 0.25) is 0 Å². The molecule has 1 heterocycles. The molecule has 2 heteroatoms. The van der Waals surface area contributed by atoms with Gasteiger partial charge in [-0.1, -0.05) is 155 Å². The van der Waals surface area contributed by atoms with E-state index in [1.54, 1.807) is 0 Å². The maximum atomic E-state index is 2.47. The van der Waals surface area contributed by atoms with Gasteiger partial charge in [0, 0.05) is 51.5 Å². The molecule has 7 aromatic carbocycles. The summed E-state index contributed by atoms with van der Waals surface area (Å²) in [5.74, 6) is 0. The lowest BCUT2D eigenvalue weighted by Gasteiger charge is -2.34. The molecule has 7 aromatic rings. The second-order valence-corrected chi connectivity index (χ2v) is 18.2. The molecule has 0 saturated heterocycles. The average Bonchev–Trinajstić information content (AvgIpc) is 3.93. The molecule has 0 spiro atoms. The van der Waals surface area contributed by atoms with Crippen LogP contribution in [0.15, 0.2) is 200 Å². The van der Waals surface area contributed by atoms with Crippen molar-refractivity contribution in [3.8, 4) is 50.2 Å². The van der Waals surface area contributed by atoms with E-state index < -0.39 is 0 Å². The second-order valence-electron chi connectivity index (χ2n) is 18.2. The molecule has 5 aliphatic rings. The van der Waals surface area contributed by atoms with Crippen molar-refractivity contribution in [1.82, 2.24) is 4.57 Å². The number of pyridine rings is 1. The zero-order chi connectivity index (χ0) is 41.7. The van der Waals surface area contributed by atoms with Crippen LogP contribution < -0.4 is 15.3 Å². The van der Waals surface area contributed by atoms with Crippen molar-refractivity contribution in [2.45, 2.75) is 38.5 Å². The normalized spacial score (nSPS) is 14.9. The Morgan fingerprint density at radius 2 is 1.06 bits per heavy atom. The van der Waals surface area contributed by atoms with Crippen molar-refractivity contribution in [3.05, 3.63) is 233 Å². The highest BCUT2D eigenvalue weighted by Gasteiger charge is 2.41. The van der Waals surface area contributed by atoms with Crippen molar-refractivity contribution in [3.63, 3.8) is 0 Å². The SMILES string of the molecule is CC1(C)C2=c3ccccc3=CC2=Cc2c(-c3ccc(N(c4ccc(-c5ccccc5)cc4)c4ccc5c(c4)C(C)(C)c4ccccc4-5)cc3)c3ccn(-c4ccccc4)cc-3c21. The Morgan fingerprint density at radius 1 is 0.452 bits per heavy atom. The quantitative estimate of drug-likeness (QED) is 0.163. The third-order valence-electron chi connectivity index (χ3n) is 13.9. The number of hydrogen-bond donors (Lipinski definition) is 0. The molecule has 0 amide bonds. The predicted octanol–water partition coefficient (Wildman–Crippen LogP) is 14.0. The highest BCUT2D eigenvalue weighted by molar-refractivity contribution is 6.07. The van der Waals surface area contributed by atoms with Gasteiger partial charge in [-0.2, -0.15) is 0 Å². The van der Waals surface area contributed by atoms with E-state index in [-0.39, 0.29) is 10.8 Å². The fraction of sp³-hybridized carbons (Fsp3) is 0.100. The molecule has 12 rings (SSSR count). The Bertz CT molecular complexity index is 3360. The summed E-state index contributed by atoms with van der Waals surface area (Å²) < 4.78 is 2.28. The van der Waals surface area contributed by atoms with E-state index in [2.05, 4.69) is 244 Å². The van der Waals surface area contributed by atoms with E-state index in [0.717, 1.165) is 22.7 Å². The number of aromatic nitrogens is 1. The van der Waals surface area contributed by atoms with Gasteiger partial charge in [0.05, 0.1) is 0 Å². The first-order valence-electron chi connectivity index (χ1n) is 21.8. The molecule has 0 radical (unpaired) electrons. The molecule has 0 atom stereocenters. The Balaban J connectivity index is 1.02. The molecule has 296 valence electrons. The number of para-hydroxylation sites is 1. The van der Waals surface area contributed by atoms with Crippen molar-refractivity contribution >= 4 is 34.8 Å². The van der Waals surface area contributed by atoms with E-state index >= 15 is 0 Å². The third kappa shape index (κ3) is 5.43. The van der Waals surface area contributed by atoms with Crippen LogP contribution in [0.3, 0.4) is 0 Å². The molecule has 62 heavy (non-hydrogen) atoms. The minimum Gasteiger partial charge on any atom is -0.323 e. The fourth-order valence-electron chi connectivity index (χ4n) is 11.0. The maximum Gasteiger partial charge on any atom is 0.0465 e. The van der Waals surface area contributed by atoms with Gasteiger partial charge < -0.3 is 9.47 Å². The van der Waals surface area contributed by atoms with Crippen LogP contribution in [-0.4, -0.2) is 4.57 Å². The summed E-state index contributed by atoms with van der Waals surface area (Å²) in [5.41, 5.74) is 22.6. The van der Waals surface area contributed by atoms with Crippen LogP contribution in [0.4, 0.5) is 17.1 Å². The molecule has 0 N–H and O–H groups in total. The first-order chi connectivity index (χ1) is 30.3. The van der Waals surface area contributed by atoms with Crippen molar-refractivity contribution in [2.24, 2.45) is 0 Å². The lowest BCUT2D eigenvalue weighted by atomic mass is 9.69. The van der Waals surface area contributed by atoms with Crippen LogP contribution in [0.5, 0.6) is 0 Å². The van der Waals surface area contributed by atoms with Crippen LogP contribution in [-0.2, 0) is 10.8 Å². The Kier molecular flexibility index (Phi) is 7.96. The maximum absolute atomic E-state index is 2.47. The van der Waals surface area contributed by atoms with Gasteiger partial charge in [0.15, 0.2) is 0 Å². The topological polar surface area (TPSA) is 8.17 Å². The highest BCUT2D eigenvalue weighted by Crippen LogP contribution is 2.56. The summed E-state index contributed by atoms with van der Waals surface area (Å²) in [5, 5.41) is 2.65. The standard InChI is InChI=1S/C60H46N2/c1-59(2)54-22-14-13-21-49(54)50-32-31-47(37-55(50)59)62(45-27-23-40(24-28-45)39-15-7-5-8-16-39)46-29-25-41(26-30-46)56-51-33-34-61(44-18-9-6-10-19-44)38-53(51)58-52(56)36-43-35-42-17-11-12-20-48(42)57(43)60(58,3)4/h5-38H,1-4H3. The van der Waals surface area contributed by atoms with Gasteiger partial charge in [-0.15, -0.1) is 0 Å². The summed E-state index contributed by atoms with van der Waals surface area (Å²) in [6, 6.07) is 66.9. The number of fused-ring (bicyclic) bond motifs is 8. The third-order valence-corrected chi connectivity index (χ3v) is 13.9. The summed E-state index contributed by atoms with van der Waals surface area (Å²) in [4.78, 5) is 2.43. The first kappa shape index (κ1) is 36.4. The molecule has 0 fully saturated rings. The summed E-state index contributed by atoms with van der Waals surface area (Å²) in [6.45, 7) is 9.57. The lowest BCUT2D eigenvalue weighted by molar-refractivity contribution is 0.660. The van der Waals surface area contributed by atoms with E-state index in [9.17, 15) is 0 Å². The molecule has 1 aliphatic heterocycles. The minimum absolute atomic E-state index is 0.108. The minimum atomic E-state index is -0.224. The number of benzene rings is 7. The van der Waals surface area contributed by atoms with E-state index in [0.29, 0.717) is 0 Å². The average molecular weight is 795 g/mol. The van der Waals surface area contributed by atoms with Crippen LogP contribution in [0, 0.1) is 0 Å². The number of hydrogen-bond acceptors (Lipinski definition) is 1. The van der Waals surface area contributed by atoms with Gasteiger partial charge in [-0.05, 0) is 150 Å². The van der Waals surface area contributed by atoms with Crippen LogP contribution in [0.25, 0.3) is 67.9 Å². The fourth-order valence-corrected chi connectivity index (χ4v) is 11.0. The number of rotatable bonds is 6. The van der Waals surface area contributed by atoms with Crippen molar-refractivity contribution < 1.29 is 0 Å². The van der Waals surface area contributed by atoms with Crippen molar-refractivity contribution in [2.75, 3.05) is 4.90 Å². The second kappa shape index (κ2) is 13.5. The van der Waals surface area contributed by atoms with Gasteiger partial charge in [0.25, 0.3) is 0 Å². The summed E-state index contributed by atoms with van der Waals surface area (Å²) >= 11 is 0. The Morgan fingerprint density at radius 3 is 1.82 bits per heavy atom. The van der Waals surface area contributed by atoms with Crippen LogP contribution >= 0.6 is 0 Å². The first-order valence-corrected chi connectivity index (χ1v) is 21.8. The summed E-state index contributed by atoms with van der Waals surface area (Å²) in [6.07, 6.45) is 9.45. The molecule has 0 saturated carbocycles. The van der Waals surface area contributed by atoms with Gasteiger partial charge in [0.1, 0.15) is 0 Å². The lowest BCUT2D eigenvalue weighted by Crippen LogP contribution is -2.31. The Hall–Kier alpha value is -7.42. The van der Waals surface area contributed by atoms with Crippen LogP contribution in [0.2, 0.25) is 0 Å². The predicted molar refractivity (Wildman–Crippen MR) is 260 cm³/mol. The van der Waals surface area contributed by atoms with Gasteiger partial charge in [-0.3, -0.25) is 0 Å². The molecule has 4 aliphatic carbocycles. The van der Waals surface area contributed by atoms with Gasteiger partial charge >= 0.3 is 0 Å². The van der Waals surface area contributed by atoms with E-state index in [1.807, 2.05) is 0 Å². The molecular formula is C60H46N2. The zero-order valence-corrected chi connectivity index (χ0v) is 35.5. The molecule has 2 nitrogen and oxygen atoms in total. The monoisotopic (exact) mass is 794 g/mol. The molecule has 0 bridgehead atoms. The van der Waals surface area contributed by atoms with Gasteiger partial charge in [-0.25, -0.2) is 0 Å². The number of nitrogens with zero attached hydrogens (tertiary/aromatic N) is 2. The largest absolute Gasteiger partial charge is 0.323 e. The highest BCUT2D eigenvalue weighted by atomic mass is 15.1. The summed E-state index contributed by atoms with van der Waals surface area (Å²) in [7, 11) is 0. The zero-order valence-electron chi connectivity index (χ0n) is 35.5. The molecule has 0 unspecified atom stereocenters. The number of allylic oxidation sites excluding steroid dienone is 1. The van der Waals surface area contributed by atoms with Crippen molar-refractivity contribution in [1.29, 1.82) is 0 Å². The van der Waals surface area contributed by atoms with E-state index in [4.69, 9.17) is 0 Å². The van der Waals surface area contributed by atoms with Crippen LogP contribution in [0.1, 0.15) is 49.9 Å². The van der Waals surface area contributed by atoms with E-state index in [1.165, 1.54) is 88.3 Å². The Labute approximate surface area is 364 Å². The molecular weight excluding hydrogens is 749 g/mol. The smallest absolute Gasteiger partial charge is 0.0465 e.